The van der Waals surface area contributed by atoms with Crippen molar-refractivity contribution in [2.24, 2.45) is 5.73 Å². The maximum Gasteiger partial charge on any atom is 0.0430 e. The highest BCUT2D eigenvalue weighted by molar-refractivity contribution is 4.70. The van der Waals surface area contributed by atoms with E-state index in [1.165, 1.54) is 0 Å². The molecule has 0 fully saturated rings. The van der Waals surface area contributed by atoms with E-state index in [9.17, 15) is 0 Å². The molecule has 1 atom stereocenters. The van der Waals surface area contributed by atoms with Gasteiger partial charge in [0.2, 0.25) is 0 Å². The lowest BCUT2D eigenvalue weighted by Crippen LogP contribution is -2.31. The standard InChI is InChI=1S/C7H16N2/c1-3-4-5-7(2)9-6-8/h3,7,9H,1,4-6,8H2,2H3. The third-order valence-corrected chi connectivity index (χ3v) is 1.27. The van der Waals surface area contributed by atoms with E-state index in [4.69, 9.17) is 5.73 Å². The minimum atomic E-state index is 0.521. The van der Waals surface area contributed by atoms with Gasteiger partial charge in [0.25, 0.3) is 0 Å². The summed E-state index contributed by atoms with van der Waals surface area (Å²) in [5.41, 5.74) is 5.26. The molecular formula is C7H16N2. The first-order valence-electron chi connectivity index (χ1n) is 3.35. The summed E-state index contributed by atoms with van der Waals surface area (Å²) < 4.78 is 0. The molecule has 0 saturated heterocycles. The van der Waals surface area contributed by atoms with Crippen LogP contribution in [0, 0.1) is 0 Å². The number of hydrogen-bond donors (Lipinski definition) is 2. The molecule has 0 spiro atoms. The summed E-state index contributed by atoms with van der Waals surface area (Å²) in [5, 5.41) is 3.11. The van der Waals surface area contributed by atoms with Gasteiger partial charge in [0.15, 0.2) is 0 Å². The molecule has 0 radical (unpaired) electrons. The zero-order chi connectivity index (χ0) is 7.11. The molecule has 1 unspecified atom stereocenters. The first-order valence-corrected chi connectivity index (χ1v) is 3.35. The molecule has 0 amide bonds. The molecule has 0 aromatic heterocycles. The van der Waals surface area contributed by atoms with Crippen molar-refractivity contribution in [2.45, 2.75) is 25.8 Å². The summed E-state index contributed by atoms with van der Waals surface area (Å²) in [7, 11) is 0. The van der Waals surface area contributed by atoms with Crippen molar-refractivity contribution in [2.75, 3.05) is 6.67 Å². The largest absolute Gasteiger partial charge is 0.318 e. The predicted molar refractivity (Wildman–Crippen MR) is 41.1 cm³/mol. The molecule has 3 N–H and O–H groups in total. The molecule has 0 aromatic carbocycles. The van der Waals surface area contributed by atoms with E-state index in [2.05, 4.69) is 18.8 Å². The second-order valence-electron chi connectivity index (χ2n) is 2.18. The average molecular weight is 128 g/mol. The maximum absolute atomic E-state index is 5.26. The van der Waals surface area contributed by atoms with E-state index in [1.807, 2.05) is 6.08 Å². The fourth-order valence-corrected chi connectivity index (χ4v) is 0.671. The van der Waals surface area contributed by atoms with Gasteiger partial charge in [0.05, 0.1) is 0 Å². The number of allylic oxidation sites excluding steroid dienone is 1. The van der Waals surface area contributed by atoms with Crippen molar-refractivity contribution in [1.82, 2.24) is 5.32 Å². The first kappa shape index (κ1) is 8.66. The molecule has 2 heteroatoms. The quantitative estimate of drug-likeness (QED) is 0.425. The molecule has 2 nitrogen and oxygen atoms in total. The smallest absolute Gasteiger partial charge is 0.0430 e. The molecule has 0 saturated carbocycles. The molecule has 54 valence electrons. The highest BCUT2D eigenvalue weighted by atomic mass is 15.0. The highest BCUT2D eigenvalue weighted by Crippen LogP contribution is 1.94. The lowest BCUT2D eigenvalue weighted by atomic mass is 10.2. The van der Waals surface area contributed by atoms with Crippen LogP contribution in [0.4, 0.5) is 0 Å². The van der Waals surface area contributed by atoms with Crippen LogP contribution in [0.15, 0.2) is 12.7 Å². The summed E-state index contributed by atoms with van der Waals surface area (Å²) in [6, 6.07) is 0.521. The Morgan fingerprint density at radius 1 is 1.78 bits per heavy atom. The summed E-state index contributed by atoms with van der Waals surface area (Å²) in [6.45, 7) is 6.32. The van der Waals surface area contributed by atoms with Crippen LogP contribution in [0.1, 0.15) is 19.8 Å². The number of hydrogen-bond acceptors (Lipinski definition) is 2. The number of rotatable bonds is 5. The van der Waals surface area contributed by atoms with Crippen LogP contribution >= 0.6 is 0 Å². The van der Waals surface area contributed by atoms with E-state index in [-0.39, 0.29) is 0 Å². The monoisotopic (exact) mass is 128 g/mol. The Kier molecular flexibility index (Phi) is 5.57. The van der Waals surface area contributed by atoms with Crippen LogP contribution in [0.2, 0.25) is 0 Å². The minimum Gasteiger partial charge on any atom is -0.318 e. The maximum atomic E-state index is 5.26. The molecular weight excluding hydrogens is 112 g/mol. The fourth-order valence-electron chi connectivity index (χ4n) is 0.671. The van der Waals surface area contributed by atoms with E-state index in [0.717, 1.165) is 12.8 Å². The van der Waals surface area contributed by atoms with Gasteiger partial charge in [0, 0.05) is 12.7 Å². The SMILES string of the molecule is C=CCCC(C)NCN. The van der Waals surface area contributed by atoms with Gasteiger partial charge in [-0.1, -0.05) is 6.08 Å². The van der Waals surface area contributed by atoms with Crippen molar-refractivity contribution in [3.63, 3.8) is 0 Å². The van der Waals surface area contributed by atoms with Crippen molar-refractivity contribution >= 4 is 0 Å². The Labute approximate surface area is 57.1 Å². The van der Waals surface area contributed by atoms with Gasteiger partial charge in [-0.2, -0.15) is 0 Å². The lowest BCUT2D eigenvalue weighted by Gasteiger charge is -2.09. The Hall–Kier alpha value is -0.340. The second kappa shape index (κ2) is 5.79. The molecule has 0 aliphatic carbocycles. The van der Waals surface area contributed by atoms with E-state index in [0.29, 0.717) is 12.7 Å². The van der Waals surface area contributed by atoms with Gasteiger partial charge in [-0.3, -0.25) is 0 Å². The van der Waals surface area contributed by atoms with E-state index >= 15 is 0 Å². The van der Waals surface area contributed by atoms with Crippen LogP contribution in [-0.2, 0) is 0 Å². The van der Waals surface area contributed by atoms with Crippen LogP contribution in [0.3, 0.4) is 0 Å². The normalized spacial score (nSPS) is 13.1. The third kappa shape index (κ3) is 5.53. The van der Waals surface area contributed by atoms with Crippen molar-refractivity contribution in [3.8, 4) is 0 Å². The Balaban J connectivity index is 3.04. The number of nitrogens with two attached hydrogens (primary N) is 1. The Morgan fingerprint density at radius 3 is 2.89 bits per heavy atom. The Bertz CT molecular complexity index is 71.3. The van der Waals surface area contributed by atoms with Crippen LogP contribution < -0.4 is 11.1 Å². The van der Waals surface area contributed by atoms with Crippen molar-refractivity contribution in [1.29, 1.82) is 0 Å². The van der Waals surface area contributed by atoms with Crippen LogP contribution in [0.5, 0.6) is 0 Å². The van der Waals surface area contributed by atoms with Gasteiger partial charge in [0.1, 0.15) is 0 Å². The van der Waals surface area contributed by atoms with E-state index < -0.39 is 0 Å². The minimum absolute atomic E-state index is 0.521. The molecule has 0 heterocycles. The summed E-state index contributed by atoms with van der Waals surface area (Å²) >= 11 is 0. The molecule has 0 aliphatic heterocycles. The molecule has 0 bridgehead atoms. The van der Waals surface area contributed by atoms with Crippen LogP contribution in [-0.4, -0.2) is 12.7 Å². The highest BCUT2D eigenvalue weighted by Gasteiger charge is 1.94. The first-order chi connectivity index (χ1) is 4.31. The number of nitrogens with one attached hydrogen (secondary N) is 1. The summed E-state index contributed by atoms with van der Waals surface area (Å²) in [4.78, 5) is 0. The fraction of sp³-hybridized carbons (Fsp3) is 0.714. The van der Waals surface area contributed by atoms with Gasteiger partial charge in [-0.25, -0.2) is 0 Å². The van der Waals surface area contributed by atoms with Gasteiger partial charge >= 0.3 is 0 Å². The van der Waals surface area contributed by atoms with Gasteiger partial charge in [-0.15, -0.1) is 6.58 Å². The topological polar surface area (TPSA) is 38.0 Å². The third-order valence-electron chi connectivity index (χ3n) is 1.27. The zero-order valence-electron chi connectivity index (χ0n) is 6.06. The van der Waals surface area contributed by atoms with Crippen molar-refractivity contribution in [3.05, 3.63) is 12.7 Å². The average Bonchev–Trinajstić information content (AvgIpc) is 1.85. The van der Waals surface area contributed by atoms with Gasteiger partial charge < -0.3 is 11.1 Å². The molecule has 0 aromatic rings. The predicted octanol–water partition coefficient (Wildman–Crippen LogP) is 0.847. The summed E-state index contributed by atoms with van der Waals surface area (Å²) in [5.74, 6) is 0. The Morgan fingerprint density at radius 2 is 2.44 bits per heavy atom. The molecule has 0 rings (SSSR count). The summed E-state index contributed by atoms with van der Waals surface area (Å²) in [6.07, 6.45) is 4.11. The molecule has 9 heavy (non-hydrogen) atoms. The van der Waals surface area contributed by atoms with Gasteiger partial charge in [-0.05, 0) is 19.8 Å². The zero-order valence-corrected chi connectivity index (χ0v) is 6.06. The second-order valence-corrected chi connectivity index (χ2v) is 2.18. The van der Waals surface area contributed by atoms with Crippen molar-refractivity contribution < 1.29 is 0 Å². The molecule has 0 aliphatic rings. The lowest BCUT2D eigenvalue weighted by molar-refractivity contribution is 0.528. The van der Waals surface area contributed by atoms with Crippen LogP contribution in [0.25, 0.3) is 0 Å². The van der Waals surface area contributed by atoms with E-state index in [1.54, 1.807) is 0 Å².